The van der Waals surface area contributed by atoms with E-state index in [0.717, 1.165) is 5.56 Å². The van der Waals surface area contributed by atoms with Crippen LogP contribution in [0.1, 0.15) is 82.3 Å². The molecular formula is C30H30ClNO4. The third kappa shape index (κ3) is 6.82. The molecule has 0 bridgehead atoms. The molecule has 36 heavy (non-hydrogen) atoms. The molecule has 3 aromatic rings. The Morgan fingerprint density at radius 2 is 1.53 bits per heavy atom. The fourth-order valence-corrected chi connectivity index (χ4v) is 4.87. The topological polar surface area (TPSA) is 72.5 Å². The van der Waals surface area contributed by atoms with E-state index in [1.165, 1.54) is 37.7 Å². The molecule has 1 saturated carbocycles. The van der Waals surface area contributed by atoms with Crippen LogP contribution in [0, 0.1) is 0 Å². The molecule has 1 amide bonds. The summed E-state index contributed by atoms with van der Waals surface area (Å²) in [6, 6.07) is 22.9. The summed E-state index contributed by atoms with van der Waals surface area (Å²) in [4.78, 5) is 38.1. The fourth-order valence-electron chi connectivity index (χ4n) is 4.65. The first-order valence-corrected chi connectivity index (χ1v) is 12.8. The van der Waals surface area contributed by atoms with Crippen LogP contribution in [-0.2, 0) is 9.53 Å². The summed E-state index contributed by atoms with van der Waals surface area (Å²) in [6.07, 6.45) is 6.08. The summed E-state index contributed by atoms with van der Waals surface area (Å²) in [5.41, 5.74) is 2.86. The lowest BCUT2D eigenvalue weighted by molar-refractivity contribution is -0.143. The van der Waals surface area contributed by atoms with Gasteiger partial charge < -0.3 is 10.1 Å². The number of ether oxygens (including phenoxy) is 1. The van der Waals surface area contributed by atoms with Crippen molar-refractivity contribution in [2.75, 3.05) is 6.61 Å². The number of hydrogen-bond acceptors (Lipinski definition) is 4. The van der Waals surface area contributed by atoms with Crippen molar-refractivity contribution < 1.29 is 19.1 Å². The average Bonchev–Trinajstić information content (AvgIpc) is 2.92. The van der Waals surface area contributed by atoms with Crippen molar-refractivity contribution in [3.05, 3.63) is 106 Å². The first kappa shape index (κ1) is 25.6. The highest BCUT2D eigenvalue weighted by molar-refractivity contribution is 6.33. The highest BCUT2D eigenvalue weighted by atomic mass is 35.5. The molecule has 0 aliphatic heterocycles. The monoisotopic (exact) mass is 503 g/mol. The zero-order valence-corrected chi connectivity index (χ0v) is 20.9. The molecule has 1 aliphatic rings. The zero-order chi connectivity index (χ0) is 25.3. The van der Waals surface area contributed by atoms with Crippen molar-refractivity contribution in [1.29, 1.82) is 0 Å². The van der Waals surface area contributed by atoms with Crippen LogP contribution in [0.5, 0.6) is 0 Å². The number of nitrogens with one attached hydrogen (secondary N) is 1. The molecule has 0 radical (unpaired) electrons. The number of halogens is 1. The number of rotatable bonds is 9. The van der Waals surface area contributed by atoms with Gasteiger partial charge in [0.1, 0.15) is 0 Å². The van der Waals surface area contributed by atoms with E-state index < -0.39 is 17.9 Å². The van der Waals surface area contributed by atoms with E-state index in [9.17, 15) is 14.4 Å². The molecule has 3 aromatic carbocycles. The quantitative estimate of drug-likeness (QED) is 0.261. The molecule has 4 rings (SSSR count). The predicted molar refractivity (Wildman–Crippen MR) is 140 cm³/mol. The number of esters is 1. The molecule has 0 aromatic heterocycles. The molecule has 1 N–H and O–H groups in total. The molecule has 0 heterocycles. The number of Topliss-reactive ketones (excluding diaryl/α,β-unsaturated/α-hetero) is 1. The summed E-state index contributed by atoms with van der Waals surface area (Å²) >= 11 is 6.16. The van der Waals surface area contributed by atoms with Crippen molar-refractivity contribution in [2.45, 2.75) is 50.5 Å². The molecule has 1 unspecified atom stereocenters. The second-order valence-electron chi connectivity index (χ2n) is 9.16. The van der Waals surface area contributed by atoms with Gasteiger partial charge in [-0.25, -0.2) is 0 Å². The van der Waals surface area contributed by atoms with Gasteiger partial charge in [-0.2, -0.15) is 0 Å². The van der Waals surface area contributed by atoms with Gasteiger partial charge >= 0.3 is 5.97 Å². The van der Waals surface area contributed by atoms with Gasteiger partial charge in [0.15, 0.2) is 12.4 Å². The third-order valence-electron chi connectivity index (χ3n) is 6.67. The minimum absolute atomic E-state index is 0.117. The van der Waals surface area contributed by atoms with E-state index >= 15 is 0 Å². The van der Waals surface area contributed by atoms with Crippen LogP contribution in [0.25, 0.3) is 0 Å². The van der Waals surface area contributed by atoms with Crippen molar-refractivity contribution >= 4 is 29.3 Å². The number of ketones is 1. The summed E-state index contributed by atoms with van der Waals surface area (Å²) < 4.78 is 5.30. The van der Waals surface area contributed by atoms with E-state index in [4.69, 9.17) is 16.3 Å². The Labute approximate surface area is 216 Å². The summed E-state index contributed by atoms with van der Waals surface area (Å²) in [5.74, 6) is -0.654. The van der Waals surface area contributed by atoms with Crippen LogP contribution < -0.4 is 5.32 Å². The van der Waals surface area contributed by atoms with Gasteiger partial charge in [0.25, 0.3) is 5.91 Å². The Hall–Kier alpha value is -3.44. The Morgan fingerprint density at radius 1 is 0.861 bits per heavy atom. The number of benzene rings is 3. The smallest absolute Gasteiger partial charge is 0.308 e. The predicted octanol–water partition coefficient (Wildman–Crippen LogP) is 6.68. The van der Waals surface area contributed by atoms with Crippen molar-refractivity contribution in [3.8, 4) is 0 Å². The molecule has 0 spiro atoms. The lowest BCUT2D eigenvalue weighted by Gasteiger charge is -2.22. The largest absolute Gasteiger partial charge is 0.457 e. The summed E-state index contributed by atoms with van der Waals surface area (Å²) in [6.45, 7) is -0.346. The zero-order valence-electron chi connectivity index (χ0n) is 20.1. The Morgan fingerprint density at radius 3 is 2.22 bits per heavy atom. The normalized spacial score (nSPS) is 14.6. The van der Waals surface area contributed by atoms with Gasteiger partial charge in [0, 0.05) is 5.56 Å². The molecule has 1 fully saturated rings. The van der Waals surface area contributed by atoms with E-state index in [-0.39, 0.29) is 18.8 Å². The van der Waals surface area contributed by atoms with Gasteiger partial charge in [-0.3, -0.25) is 14.4 Å². The second kappa shape index (κ2) is 12.5. The first-order chi connectivity index (χ1) is 17.5. The summed E-state index contributed by atoms with van der Waals surface area (Å²) in [7, 11) is 0. The second-order valence-corrected chi connectivity index (χ2v) is 9.57. The molecular weight excluding hydrogens is 474 g/mol. The van der Waals surface area contributed by atoms with Crippen LogP contribution in [0.4, 0.5) is 0 Å². The minimum atomic E-state index is -0.632. The fraction of sp³-hybridized carbons (Fsp3) is 0.300. The number of carbonyl (C=O) groups is 3. The molecule has 0 saturated heterocycles. The minimum Gasteiger partial charge on any atom is -0.457 e. The van der Waals surface area contributed by atoms with Crippen molar-refractivity contribution in [3.63, 3.8) is 0 Å². The molecule has 5 nitrogen and oxygen atoms in total. The Bertz CT molecular complexity index is 1190. The van der Waals surface area contributed by atoms with Crippen molar-refractivity contribution in [1.82, 2.24) is 5.32 Å². The van der Waals surface area contributed by atoms with Gasteiger partial charge in [0.2, 0.25) is 0 Å². The van der Waals surface area contributed by atoms with Gasteiger partial charge in [-0.15, -0.1) is 0 Å². The van der Waals surface area contributed by atoms with E-state index in [0.29, 0.717) is 22.1 Å². The molecule has 1 aliphatic carbocycles. The van der Waals surface area contributed by atoms with Crippen LogP contribution in [0.2, 0.25) is 5.02 Å². The maximum atomic E-state index is 12.8. The molecule has 1 atom stereocenters. The highest BCUT2D eigenvalue weighted by Gasteiger charge is 2.22. The average molecular weight is 504 g/mol. The Kier molecular flexibility index (Phi) is 8.90. The Balaban J connectivity index is 1.35. The molecule has 6 heteroatoms. The number of amides is 1. The SMILES string of the molecule is O=C(CC(NC(=O)c1ccccc1Cl)c1ccccc1)OCC(=O)c1ccc(C2CCCCC2)cc1. The first-order valence-electron chi connectivity index (χ1n) is 12.4. The lowest BCUT2D eigenvalue weighted by atomic mass is 9.84. The lowest BCUT2D eigenvalue weighted by Crippen LogP contribution is -2.31. The third-order valence-corrected chi connectivity index (χ3v) is 7.00. The van der Waals surface area contributed by atoms with Crippen molar-refractivity contribution in [2.24, 2.45) is 0 Å². The number of carbonyl (C=O) groups excluding carboxylic acids is 3. The van der Waals surface area contributed by atoms with E-state index in [2.05, 4.69) is 5.32 Å². The maximum Gasteiger partial charge on any atom is 0.308 e. The van der Waals surface area contributed by atoms with Gasteiger partial charge in [-0.05, 0) is 42.0 Å². The van der Waals surface area contributed by atoms with Crippen LogP contribution in [0.15, 0.2) is 78.9 Å². The van der Waals surface area contributed by atoms with Gasteiger partial charge in [-0.1, -0.05) is 97.6 Å². The van der Waals surface area contributed by atoms with Crippen LogP contribution in [0.3, 0.4) is 0 Å². The maximum absolute atomic E-state index is 12.8. The highest BCUT2D eigenvalue weighted by Crippen LogP contribution is 2.32. The van der Waals surface area contributed by atoms with Crippen LogP contribution in [-0.4, -0.2) is 24.3 Å². The number of hydrogen-bond donors (Lipinski definition) is 1. The summed E-state index contributed by atoms with van der Waals surface area (Å²) in [5, 5.41) is 3.19. The van der Waals surface area contributed by atoms with E-state index in [1.54, 1.807) is 24.3 Å². The standard InChI is InChI=1S/C30H30ClNO4/c31-26-14-8-7-13-25(26)30(35)32-27(23-11-5-2-6-12-23)19-29(34)36-20-28(33)24-17-15-22(16-18-24)21-9-3-1-4-10-21/h2,5-8,11-18,21,27H,1,3-4,9-10,19-20H2,(H,32,35). The van der Waals surface area contributed by atoms with Gasteiger partial charge in [0.05, 0.1) is 23.0 Å². The molecule has 186 valence electrons. The van der Waals surface area contributed by atoms with E-state index in [1.807, 2.05) is 54.6 Å². The van der Waals surface area contributed by atoms with Crippen LogP contribution >= 0.6 is 11.6 Å².